The second-order valence-corrected chi connectivity index (χ2v) is 4.19. The van der Waals surface area contributed by atoms with Crippen molar-refractivity contribution in [1.82, 2.24) is 9.78 Å². The first kappa shape index (κ1) is 11.7. The molecule has 0 amide bonds. The van der Waals surface area contributed by atoms with Gasteiger partial charge in [0.05, 0.1) is 12.4 Å². The Hall–Kier alpha value is -1.77. The van der Waals surface area contributed by atoms with Crippen molar-refractivity contribution >= 4 is 0 Å². The summed E-state index contributed by atoms with van der Waals surface area (Å²) in [4.78, 5) is 0. The van der Waals surface area contributed by atoms with Gasteiger partial charge in [-0.2, -0.15) is 5.10 Å². The quantitative estimate of drug-likeness (QED) is 0.807. The minimum Gasteiger partial charge on any atom is -0.486 e. The molecule has 0 saturated heterocycles. The Kier molecular flexibility index (Phi) is 3.47. The highest BCUT2D eigenvalue weighted by molar-refractivity contribution is 5.33. The summed E-state index contributed by atoms with van der Waals surface area (Å²) in [6.07, 6.45) is 3.69. The molecule has 0 fully saturated rings. The topological polar surface area (TPSA) is 27.1 Å². The summed E-state index contributed by atoms with van der Waals surface area (Å²) in [5.74, 6) is 0.828. The lowest BCUT2D eigenvalue weighted by Crippen LogP contribution is -2.00. The van der Waals surface area contributed by atoms with Crippen LogP contribution in [0.25, 0.3) is 0 Å². The molecule has 0 bridgehead atoms. The van der Waals surface area contributed by atoms with E-state index in [0.717, 1.165) is 12.3 Å². The van der Waals surface area contributed by atoms with Crippen molar-refractivity contribution in [2.24, 2.45) is 0 Å². The van der Waals surface area contributed by atoms with Crippen LogP contribution in [0.3, 0.4) is 0 Å². The molecule has 1 aromatic heterocycles. The molecule has 3 heteroatoms. The van der Waals surface area contributed by atoms with Gasteiger partial charge in [0.2, 0.25) is 0 Å². The Labute approximate surface area is 102 Å². The number of hydrogen-bond acceptors (Lipinski definition) is 2. The highest BCUT2D eigenvalue weighted by Crippen LogP contribution is 2.17. The Morgan fingerprint density at radius 2 is 1.94 bits per heavy atom. The number of benzene rings is 1. The van der Waals surface area contributed by atoms with Gasteiger partial charge < -0.3 is 4.74 Å². The summed E-state index contributed by atoms with van der Waals surface area (Å²) < 4.78 is 7.61. The van der Waals surface area contributed by atoms with Gasteiger partial charge in [0, 0.05) is 6.54 Å². The van der Waals surface area contributed by atoms with Gasteiger partial charge in [-0.05, 0) is 37.5 Å². The summed E-state index contributed by atoms with van der Waals surface area (Å²) in [7, 11) is 0. The summed E-state index contributed by atoms with van der Waals surface area (Å²) in [6.45, 7) is 7.76. The van der Waals surface area contributed by atoms with Crippen molar-refractivity contribution in [3.8, 4) is 5.75 Å². The second kappa shape index (κ2) is 5.04. The predicted molar refractivity (Wildman–Crippen MR) is 68.1 cm³/mol. The molecule has 0 atom stereocenters. The third-order valence-electron chi connectivity index (χ3n) is 2.96. The Morgan fingerprint density at radius 3 is 2.53 bits per heavy atom. The van der Waals surface area contributed by atoms with Gasteiger partial charge in [0.15, 0.2) is 5.75 Å². The van der Waals surface area contributed by atoms with E-state index in [-0.39, 0.29) is 0 Å². The average molecular weight is 230 g/mol. The van der Waals surface area contributed by atoms with E-state index in [9.17, 15) is 0 Å². The highest BCUT2D eigenvalue weighted by atomic mass is 16.5. The van der Waals surface area contributed by atoms with Crippen molar-refractivity contribution in [3.05, 3.63) is 47.3 Å². The van der Waals surface area contributed by atoms with Gasteiger partial charge in [-0.15, -0.1) is 0 Å². The number of nitrogens with zero attached hydrogens (tertiary/aromatic N) is 2. The molecule has 1 heterocycles. The Morgan fingerprint density at radius 1 is 1.24 bits per heavy atom. The van der Waals surface area contributed by atoms with Gasteiger partial charge in [-0.1, -0.05) is 18.2 Å². The van der Waals surface area contributed by atoms with Gasteiger partial charge in [0.25, 0.3) is 0 Å². The van der Waals surface area contributed by atoms with E-state index in [1.165, 1.54) is 16.7 Å². The third kappa shape index (κ3) is 2.67. The van der Waals surface area contributed by atoms with Crippen LogP contribution in [0.1, 0.15) is 23.6 Å². The molecular formula is C14H18N2O. The molecule has 3 nitrogen and oxygen atoms in total. The lowest BCUT2D eigenvalue weighted by atomic mass is 10.0. The van der Waals surface area contributed by atoms with E-state index in [1.54, 1.807) is 6.20 Å². The normalized spacial score (nSPS) is 10.5. The van der Waals surface area contributed by atoms with E-state index < -0.39 is 0 Å². The summed E-state index contributed by atoms with van der Waals surface area (Å²) >= 11 is 0. The molecular weight excluding hydrogens is 212 g/mol. The molecule has 0 aliphatic carbocycles. The zero-order valence-corrected chi connectivity index (χ0v) is 10.6. The van der Waals surface area contributed by atoms with Crippen LogP contribution in [0.4, 0.5) is 0 Å². The smallest absolute Gasteiger partial charge is 0.157 e. The van der Waals surface area contributed by atoms with Crippen LogP contribution in [-0.2, 0) is 13.2 Å². The van der Waals surface area contributed by atoms with Crippen LogP contribution in [0, 0.1) is 13.8 Å². The first-order chi connectivity index (χ1) is 8.20. The lowest BCUT2D eigenvalue weighted by Gasteiger charge is -2.09. The fraction of sp³-hybridized carbons (Fsp3) is 0.357. The molecule has 0 aliphatic heterocycles. The fourth-order valence-electron chi connectivity index (χ4n) is 1.82. The molecule has 0 saturated carbocycles. The van der Waals surface area contributed by atoms with E-state index in [2.05, 4.69) is 44.1 Å². The minimum atomic E-state index is 0.605. The fourth-order valence-corrected chi connectivity index (χ4v) is 1.82. The lowest BCUT2D eigenvalue weighted by molar-refractivity contribution is 0.304. The van der Waals surface area contributed by atoms with Crippen LogP contribution >= 0.6 is 0 Å². The SMILES string of the molecule is CCn1cc(OCc2c(C)cccc2C)cn1. The van der Waals surface area contributed by atoms with Gasteiger partial charge >= 0.3 is 0 Å². The highest BCUT2D eigenvalue weighted by Gasteiger charge is 2.04. The maximum absolute atomic E-state index is 5.75. The van der Waals surface area contributed by atoms with Crippen molar-refractivity contribution in [3.63, 3.8) is 0 Å². The van der Waals surface area contributed by atoms with Crippen LogP contribution in [-0.4, -0.2) is 9.78 Å². The van der Waals surface area contributed by atoms with Crippen LogP contribution in [0.5, 0.6) is 5.75 Å². The second-order valence-electron chi connectivity index (χ2n) is 4.19. The van der Waals surface area contributed by atoms with E-state index >= 15 is 0 Å². The van der Waals surface area contributed by atoms with Crippen molar-refractivity contribution < 1.29 is 4.74 Å². The van der Waals surface area contributed by atoms with E-state index in [4.69, 9.17) is 4.74 Å². The molecule has 1 aromatic carbocycles. The molecule has 0 aliphatic rings. The monoisotopic (exact) mass is 230 g/mol. The summed E-state index contributed by atoms with van der Waals surface area (Å²) in [5.41, 5.74) is 3.80. The zero-order valence-electron chi connectivity index (χ0n) is 10.6. The summed E-state index contributed by atoms with van der Waals surface area (Å²) in [5, 5.41) is 4.18. The van der Waals surface area contributed by atoms with E-state index in [1.807, 2.05) is 10.9 Å². The molecule has 2 rings (SSSR count). The van der Waals surface area contributed by atoms with Crippen LogP contribution in [0.15, 0.2) is 30.6 Å². The third-order valence-corrected chi connectivity index (χ3v) is 2.96. The predicted octanol–water partition coefficient (Wildman–Crippen LogP) is 3.10. The Bertz CT molecular complexity index is 482. The number of rotatable bonds is 4. The molecule has 2 aromatic rings. The largest absolute Gasteiger partial charge is 0.486 e. The molecule has 17 heavy (non-hydrogen) atoms. The van der Waals surface area contributed by atoms with Crippen LogP contribution < -0.4 is 4.74 Å². The number of aromatic nitrogens is 2. The molecule has 0 unspecified atom stereocenters. The number of ether oxygens (including phenoxy) is 1. The van der Waals surface area contributed by atoms with Gasteiger partial charge in [-0.3, -0.25) is 4.68 Å². The van der Waals surface area contributed by atoms with E-state index in [0.29, 0.717) is 6.61 Å². The standard InChI is InChI=1S/C14H18N2O/c1-4-16-9-13(8-15-16)17-10-14-11(2)6-5-7-12(14)3/h5-9H,4,10H2,1-3H3. The van der Waals surface area contributed by atoms with Gasteiger partial charge in [0.1, 0.15) is 6.61 Å². The molecule has 0 radical (unpaired) electrons. The average Bonchev–Trinajstić information content (AvgIpc) is 2.76. The molecule has 90 valence electrons. The van der Waals surface area contributed by atoms with Crippen molar-refractivity contribution in [2.45, 2.75) is 33.9 Å². The molecule has 0 spiro atoms. The molecule has 0 N–H and O–H groups in total. The minimum absolute atomic E-state index is 0.605. The number of aryl methyl sites for hydroxylation is 3. The van der Waals surface area contributed by atoms with Crippen LogP contribution in [0.2, 0.25) is 0 Å². The maximum Gasteiger partial charge on any atom is 0.157 e. The Balaban J connectivity index is 2.07. The first-order valence-electron chi connectivity index (χ1n) is 5.91. The zero-order chi connectivity index (χ0) is 12.3. The summed E-state index contributed by atoms with van der Waals surface area (Å²) in [6, 6.07) is 6.30. The first-order valence-corrected chi connectivity index (χ1v) is 5.91. The number of hydrogen-bond donors (Lipinski definition) is 0. The van der Waals surface area contributed by atoms with Crippen molar-refractivity contribution in [2.75, 3.05) is 0 Å². The van der Waals surface area contributed by atoms with Gasteiger partial charge in [-0.25, -0.2) is 0 Å². The van der Waals surface area contributed by atoms with Crippen molar-refractivity contribution in [1.29, 1.82) is 0 Å². The maximum atomic E-state index is 5.75.